The molecule has 9 heteroatoms. The number of halogens is 6. The number of benzene rings is 2. The van der Waals surface area contributed by atoms with Crippen molar-refractivity contribution in [3.8, 4) is 6.07 Å². The van der Waals surface area contributed by atoms with Gasteiger partial charge in [-0.15, -0.1) is 0 Å². The van der Waals surface area contributed by atoms with Gasteiger partial charge in [-0.2, -0.15) is 5.26 Å². The fourth-order valence-electron chi connectivity index (χ4n) is 4.67. The Morgan fingerprint density at radius 3 is 2.58 bits per heavy atom. The highest BCUT2D eigenvalue weighted by Crippen LogP contribution is 2.54. The number of alkyl halides is 3. The summed E-state index contributed by atoms with van der Waals surface area (Å²) in [6.07, 6.45) is -3.98. The van der Waals surface area contributed by atoms with Gasteiger partial charge in [-0.25, -0.2) is 22.0 Å². The molecule has 0 saturated carbocycles. The fraction of sp³-hybridized carbons (Fsp3) is 0.409. The smallest absolute Gasteiger partial charge is 0.282 e. The molecule has 4 rings (SSSR count). The number of hydrogen-bond acceptors (Lipinski definition) is 3. The molecule has 3 nitrogen and oxygen atoms in total. The van der Waals surface area contributed by atoms with E-state index in [2.05, 4.69) is 0 Å². The Kier molecular flexibility index (Phi) is 5.71. The number of methoxy groups -OCH3 is 1. The minimum Gasteiger partial charge on any atom is -0.359 e. The van der Waals surface area contributed by atoms with Crippen LogP contribution in [0.1, 0.15) is 64.4 Å². The zero-order chi connectivity index (χ0) is 22.5. The van der Waals surface area contributed by atoms with Crippen LogP contribution in [0.25, 0.3) is 0 Å². The molecule has 0 saturated heterocycles. The van der Waals surface area contributed by atoms with E-state index in [1.54, 1.807) is 0 Å². The van der Waals surface area contributed by atoms with Crippen molar-refractivity contribution < 1.29 is 31.4 Å². The maximum Gasteiger partial charge on any atom is 0.282 e. The van der Waals surface area contributed by atoms with E-state index in [1.807, 2.05) is 6.07 Å². The summed E-state index contributed by atoms with van der Waals surface area (Å²) in [6.45, 7) is -0.449. The molecule has 0 heterocycles. The Balaban J connectivity index is 1.93. The van der Waals surface area contributed by atoms with Crippen LogP contribution in [0.2, 0.25) is 5.02 Å². The zero-order valence-corrected chi connectivity index (χ0v) is 17.1. The van der Waals surface area contributed by atoms with E-state index >= 15 is 0 Å². The lowest BCUT2D eigenvalue weighted by molar-refractivity contribution is -0.169. The average molecular weight is 458 g/mol. The van der Waals surface area contributed by atoms with Gasteiger partial charge in [-0.1, -0.05) is 11.6 Å². The van der Waals surface area contributed by atoms with Crippen LogP contribution >= 0.6 is 11.6 Å². The van der Waals surface area contributed by atoms with Crippen LogP contribution in [0.15, 0.2) is 18.2 Å². The van der Waals surface area contributed by atoms with Gasteiger partial charge in [-0.05, 0) is 53.3 Å². The van der Waals surface area contributed by atoms with Crippen molar-refractivity contribution in [3.05, 3.63) is 68.2 Å². The summed E-state index contributed by atoms with van der Waals surface area (Å²) in [6, 6.07) is 4.86. The van der Waals surface area contributed by atoms with E-state index in [-0.39, 0.29) is 46.2 Å². The van der Waals surface area contributed by atoms with Crippen LogP contribution in [0.3, 0.4) is 0 Å². The van der Waals surface area contributed by atoms with Crippen molar-refractivity contribution in [3.63, 3.8) is 0 Å². The number of hydrogen-bond donors (Lipinski definition) is 0. The SMILES string of the molecule is COCO[C@H]1c2c(Cl)c(F)cc([C@H]3CC[C@H](F)c4cc(F)cc(C#N)c43)c2CC1(F)F. The largest absolute Gasteiger partial charge is 0.359 e. The van der Waals surface area contributed by atoms with Crippen LogP contribution in [0.4, 0.5) is 22.0 Å². The first-order valence-corrected chi connectivity index (χ1v) is 9.94. The number of fused-ring (bicyclic) bond motifs is 2. The van der Waals surface area contributed by atoms with E-state index in [1.165, 1.54) is 7.11 Å². The van der Waals surface area contributed by atoms with Crippen LogP contribution < -0.4 is 0 Å². The van der Waals surface area contributed by atoms with Crippen molar-refractivity contribution in [2.24, 2.45) is 0 Å². The van der Waals surface area contributed by atoms with Crippen LogP contribution in [0.5, 0.6) is 0 Å². The monoisotopic (exact) mass is 457 g/mol. The third-order valence-corrected chi connectivity index (χ3v) is 6.26. The predicted octanol–water partition coefficient (Wildman–Crippen LogP) is 6.28. The summed E-state index contributed by atoms with van der Waals surface area (Å²) < 4.78 is 82.8. The first kappa shape index (κ1) is 22.0. The lowest BCUT2D eigenvalue weighted by atomic mass is 9.74. The second-order valence-corrected chi connectivity index (χ2v) is 8.09. The Labute approximate surface area is 180 Å². The van der Waals surface area contributed by atoms with Gasteiger partial charge in [0.15, 0.2) is 6.10 Å². The van der Waals surface area contributed by atoms with Crippen LogP contribution in [-0.4, -0.2) is 19.8 Å². The first-order chi connectivity index (χ1) is 14.7. The maximum atomic E-state index is 14.8. The second kappa shape index (κ2) is 8.05. The molecule has 0 amide bonds. The minimum absolute atomic E-state index is 0.0196. The first-order valence-electron chi connectivity index (χ1n) is 9.56. The van der Waals surface area contributed by atoms with Crippen molar-refractivity contribution >= 4 is 11.6 Å². The molecule has 0 spiro atoms. The van der Waals surface area contributed by atoms with Crippen molar-refractivity contribution in [2.45, 2.75) is 43.4 Å². The molecule has 2 aromatic rings. The average Bonchev–Trinajstić information content (AvgIpc) is 3.00. The summed E-state index contributed by atoms with van der Waals surface area (Å²) >= 11 is 6.06. The van der Waals surface area contributed by atoms with Crippen molar-refractivity contribution in [1.29, 1.82) is 5.26 Å². The summed E-state index contributed by atoms with van der Waals surface area (Å²) in [5.74, 6) is -5.85. The van der Waals surface area contributed by atoms with Gasteiger partial charge in [0.2, 0.25) is 0 Å². The fourth-order valence-corrected chi connectivity index (χ4v) is 4.94. The Morgan fingerprint density at radius 2 is 1.90 bits per heavy atom. The third kappa shape index (κ3) is 3.59. The molecular weight excluding hydrogens is 441 g/mol. The molecule has 0 fully saturated rings. The lowest BCUT2D eigenvalue weighted by Crippen LogP contribution is -2.25. The quantitative estimate of drug-likeness (QED) is 0.401. The molecule has 0 aromatic heterocycles. The summed E-state index contributed by atoms with van der Waals surface area (Å²) in [7, 11) is 1.27. The summed E-state index contributed by atoms with van der Waals surface area (Å²) in [5, 5.41) is 9.02. The number of nitriles is 1. The van der Waals surface area contributed by atoms with Crippen LogP contribution in [0, 0.1) is 23.0 Å². The highest BCUT2D eigenvalue weighted by atomic mass is 35.5. The van der Waals surface area contributed by atoms with Crippen LogP contribution in [-0.2, 0) is 15.9 Å². The topological polar surface area (TPSA) is 42.2 Å². The molecule has 0 radical (unpaired) electrons. The molecule has 2 aliphatic rings. The minimum atomic E-state index is -3.38. The standard InChI is InChI=1S/C22H17ClF5NO2/c1-30-9-31-21-19-15(7-22(21,27)28)13(6-17(26)20(19)23)12-2-3-16(25)14-5-11(24)4-10(8-29)18(12)14/h4-6,12,16,21H,2-3,7,9H2,1H3/t12-,16+,21+/m1/s1. The number of ether oxygens (including phenoxy) is 2. The summed E-state index contributed by atoms with van der Waals surface area (Å²) in [4.78, 5) is 0. The molecular formula is C22H17ClF5NO2. The van der Waals surface area contributed by atoms with E-state index in [0.29, 0.717) is 0 Å². The molecule has 3 atom stereocenters. The van der Waals surface area contributed by atoms with E-state index in [9.17, 15) is 27.2 Å². The maximum absolute atomic E-state index is 14.8. The lowest BCUT2D eigenvalue weighted by Gasteiger charge is -2.31. The molecule has 2 aliphatic carbocycles. The second-order valence-electron chi connectivity index (χ2n) is 7.71. The van der Waals surface area contributed by atoms with E-state index in [0.717, 1.165) is 18.2 Å². The highest BCUT2D eigenvalue weighted by Gasteiger charge is 2.52. The molecule has 0 bridgehead atoms. The molecule has 164 valence electrons. The van der Waals surface area contributed by atoms with Gasteiger partial charge in [0.05, 0.1) is 16.7 Å². The number of nitrogens with zero attached hydrogens (tertiary/aromatic N) is 1. The molecule has 0 aliphatic heterocycles. The van der Waals surface area contributed by atoms with E-state index in [4.69, 9.17) is 21.1 Å². The molecule has 31 heavy (non-hydrogen) atoms. The van der Waals surface area contributed by atoms with Crippen molar-refractivity contribution in [1.82, 2.24) is 0 Å². The molecule has 0 N–H and O–H groups in total. The van der Waals surface area contributed by atoms with E-state index < -0.39 is 54.0 Å². The van der Waals surface area contributed by atoms with Gasteiger partial charge >= 0.3 is 0 Å². The van der Waals surface area contributed by atoms with Crippen molar-refractivity contribution in [2.75, 3.05) is 13.9 Å². The van der Waals surface area contributed by atoms with Gasteiger partial charge in [-0.3, -0.25) is 0 Å². The number of rotatable bonds is 4. The Morgan fingerprint density at radius 1 is 1.16 bits per heavy atom. The molecule has 2 aromatic carbocycles. The van der Waals surface area contributed by atoms with Gasteiger partial charge in [0.25, 0.3) is 5.92 Å². The predicted molar refractivity (Wildman–Crippen MR) is 102 cm³/mol. The van der Waals surface area contributed by atoms with Gasteiger partial charge < -0.3 is 9.47 Å². The van der Waals surface area contributed by atoms with Gasteiger partial charge in [0.1, 0.15) is 24.6 Å². The Bertz CT molecular complexity index is 1080. The normalized spacial score (nSPS) is 23.9. The Hall–Kier alpha value is -2.21. The molecule has 0 unspecified atom stereocenters. The third-order valence-electron chi connectivity index (χ3n) is 5.88. The summed E-state index contributed by atoms with van der Waals surface area (Å²) in [5.41, 5.74) is 0.159. The zero-order valence-electron chi connectivity index (χ0n) is 16.3. The highest BCUT2D eigenvalue weighted by molar-refractivity contribution is 6.31. The van der Waals surface area contributed by atoms with Gasteiger partial charge in [0, 0.05) is 25.0 Å².